The summed E-state index contributed by atoms with van der Waals surface area (Å²) in [5.74, 6) is 0. The summed E-state index contributed by atoms with van der Waals surface area (Å²) in [5, 5.41) is 0.544. The molecule has 2 rings (SSSR count). The molecular formula is C10H6Cl3N3O2S. The minimum absolute atomic E-state index is 0.0338. The molecule has 19 heavy (non-hydrogen) atoms. The van der Waals surface area contributed by atoms with Crippen molar-refractivity contribution in [2.45, 2.75) is 4.90 Å². The number of anilines is 1. The molecule has 9 heteroatoms. The predicted octanol–water partition coefficient (Wildman–Crippen LogP) is 3.24. The van der Waals surface area contributed by atoms with Gasteiger partial charge in [-0.2, -0.15) is 0 Å². The molecule has 0 radical (unpaired) electrons. The molecular weight excluding hydrogens is 333 g/mol. The van der Waals surface area contributed by atoms with Crippen molar-refractivity contribution in [2.75, 3.05) is 4.72 Å². The van der Waals surface area contributed by atoms with Gasteiger partial charge < -0.3 is 0 Å². The number of aromatic nitrogens is 2. The molecule has 0 fully saturated rings. The smallest absolute Gasteiger partial charge is 0.264 e. The molecule has 5 nitrogen and oxygen atoms in total. The molecule has 0 aliphatic heterocycles. The number of benzene rings is 1. The van der Waals surface area contributed by atoms with E-state index in [1.165, 1.54) is 18.2 Å². The lowest BCUT2D eigenvalue weighted by molar-refractivity contribution is 0.600. The highest BCUT2D eigenvalue weighted by Crippen LogP contribution is 2.26. The normalized spacial score (nSPS) is 11.3. The van der Waals surface area contributed by atoms with E-state index in [1.54, 1.807) is 0 Å². The quantitative estimate of drug-likeness (QED) is 0.872. The van der Waals surface area contributed by atoms with Crippen LogP contribution in [0.3, 0.4) is 0 Å². The Hall–Kier alpha value is -1.08. The first-order valence-electron chi connectivity index (χ1n) is 4.84. The Morgan fingerprint density at radius 2 is 1.63 bits per heavy atom. The number of rotatable bonds is 3. The van der Waals surface area contributed by atoms with Crippen molar-refractivity contribution in [3.63, 3.8) is 0 Å². The average molecular weight is 339 g/mol. The Labute approximate surface area is 124 Å². The van der Waals surface area contributed by atoms with E-state index in [-0.39, 0.29) is 20.9 Å². The van der Waals surface area contributed by atoms with E-state index < -0.39 is 10.0 Å². The van der Waals surface area contributed by atoms with Crippen LogP contribution in [0, 0.1) is 0 Å². The molecule has 0 amide bonds. The summed E-state index contributed by atoms with van der Waals surface area (Å²) in [6.07, 6.45) is 2.21. The molecule has 1 N–H and O–H groups in total. The van der Waals surface area contributed by atoms with Crippen molar-refractivity contribution >= 4 is 50.5 Å². The zero-order valence-electron chi connectivity index (χ0n) is 9.14. The van der Waals surface area contributed by atoms with E-state index in [9.17, 15) is 8.42 Å². The fourth-order valence-corrected chi connectivity index (χ4v) is 2.55. The lowest BCUT2D eigenvalue weighted by Gasteiger charge is -2.08. The van der Waals surface area contributed by atoms with Crippen LogP contribution in [-0.2, 0) is 10.0 Å². The van der Waals surface area contributed by atoms with Crippen LogP contribution in [0.15, 0.2) is 35.5 Å². The third kappa shape index (κ3) is 3.48. The van der Waals surface area contributed by atoms with E-state index in [0.717, 1.165) is 12.4 Å². The maximum Gasteiger partial charge on any atom is 0.264 e. The summed E-state index contributed by atoms with van der Waals surface area (Å²) in [4.78, 5) is 7.10. The van der Waals surface area contributed by atoms with Gasteiger partial charge in [0.2, 0.25) is 5.28 Å². The zero-order chi connectivity index (χ0) is 14.0. The molecule has 1 aromatic carbocycles. The maximum absolute atomic E-state index is 12.0. The lowest BCUT2D eigenvalue weighted by Crippen LogP contribution is -2.13. The van der Waals surface area contributed by atoms with E-state index in [1.807, 2.05) is 0 Å². The summed E-state index contributed by atoms with van der Waals surface area (Å²) < 4.78 is 26.3. The third-order valence-electron chi connectivity index (χ3n) is 2.08. The highest BCUT2D eigenvalue weighted by Gasteiger charge is 2.15. The number of nitrogens with one attached hydrogen (secondary N) is 1. The molecule has 0 bridgehead atoms. The first kappa shape index (κ1) is 14.3. The van der Waals surface area contributed by atoms with Gasteiger partial charge in [0.05, 0.1) is 28.1 Å². The molecule has 0 unspecified atom stereocenters. The van der Waals surface area contributed by atoms with Gasteiger partial charge in [-0.1, -0.05) is 23.2 Å². The summed E-state index contributed by atoms with van der Waals surface area (Å²) in [5.41, 5.74) is 0.282. The second-order valence-corrected chi connectivity index (χ2v) is 6.26. The number of hydrogen-bond donors (Lipinski definition) is 1. The third-order valence-corrected chi connectivity index (χ3v) is 4.35. The van der Waals surface area contributed by atoms with Gasteiger partial charge in [0.1, 0.15) is 4.90 Å². The molecule has 0 aliphatic rings. The fourth-order valence-electron chi connectivity index (χ4n) is 1.21. The Morgan fingerprint density at radius 1 is 1.00 bits per heavy atom. The number of hydrogen-bond acceptors (Lipinski definition) is 4. The zero-order valence-corrected chi connectivity index (χ0v) is 12.2. The summed E-state index contributed by atoms with van der Waals surface area (Å²) in [6, 6.07) is 4.38. The van der Waals surface area contributed by atoms with Crippen molar-refractivity contribution in [3.8, 4) is 0 Å². The van der Waals surface area contributed by atoms with Gasteiger partial charge in [0, 0.05) is 0 Å². The Bertz CT molecular complexity index is 704. The standard InChI is InChI=1S/C10H6Cl3N3O2S/c11-8-2-1-6(3-9(8)12)16-19(17,18)7-4-14-10(13)15-5-7/h1-5,16H. The van der Waals surface area contributed by atoms with E-state index >= 15 is 0 Å². The molecule has 0 saturated heterocycles. The van der Waals surface area contributed by atoms with Crippen LogP contribution in [0.2, 0.25) is 15.3 Å². The van der Waals surface area contributed by atoms with Gasteiger partial charge in [-0.05, 0) is 29.8 Å². The molecule has 0 atom stereocenters. The van der Waals surface area contributed by atoms with Crippen LogP contribution in [0.25, 0.3) is 0 Å². The van der Waals surface area contributed by atoms with Crippen LogP contribution in [0.1, 0.15) is 0 Å². The molecule has 0 aliphatic carbocycles. The van der Waals surface area contributed by atoms with Gasteiger partial charge in [0.25, 0.3) is 10.0 Å². The van der Waals surface area contributed by atoms with Crippen LogP contribution in [-0.4, -0.2) is 18.4 Å². The van der Waals surface area contributed by atoms with Gasteiger partial charge in [-0.25, -0.2) is 18.4 Å². The molecule has 0 spiro atoms. The van der Waals surface area contributed by atoms with Crippen molar-refractivity contribution in [1.82, 2.24) is 9.97 Å². The molecule has 0 saturated carbocycles. The van der Waals surface area contributed by atoms with E-state index in [2.05, 4.69) is 14.7 Å². The summed E-state index contributed by atoms with van der Waals surface area (Å²) >= 11 is 17.0. The minimum Gasteiger partial charge on any atom is -0.279 e. The SMILES string of the molecule is O=S(=O)(Nc1ccc(Cl)c(Cl)c1)c1cnc(Cl)nc1. The first-order valence-corrected chi connectivity index (χ1v) is 7.45. The van der Waals surface area contributed by atoms with Crippen molar-refractivity contribution in [1.29, 1.82) is 0 Å². The van der Waals surface area contributed by atoms with E-state index in [0.29, 0.717) is 5.02 Å². The fraction of sp³-hybridized carbons (Fsp3) is 0. The van der Waals surface area contributed by atoms with Gasteiger partial charge in [-0.15, -0.1) is 0 Å². The van der Waals surface area contributed by atoms with Crippen LogP contribution in [0.4, 0.5) is 5.69 Å². The van der Waals surface area contributed by atoms with Crippen molar-refractivity contribution < 1.29 is 8.42 Å². The average Bonchev–Trinajstić information content (AvgIpc) is 2.34. The predicted molar refractivity (Wildman–Crippen MR) is 74.3 cm³/mol. The molecule has 2 aromatic rings. The highest BCUT2D eigenvalue weighted by molar-refractivity contribution is 7.92. The minimum atomic E-state index is -3.80. The number of nitrogens with zero attached hydrogens (tertiary/aromatic N) is 2. The summed E-state index contributed by atoms with van der Waals surface area (Å²) in [6.45, 7) is 0. The molecule has 1 heterocycles. The van der Waals surface area contributed by atoms with Crippen LogP contribution < -0.4 is 4.72 Å². The summed E-state index contributed by atoms with van der Waals surface area (Å²) in [7, 11) is -3.80. The topological polar surface area (TPSA) is 72.0 Å². The Kier molecular flexibility index (Phi) is 4.15. The maximum atomic E-state index is 12.0. The van der Waals surface area contributed by atoms with Gasteiger partial charge in [-0.3, -0.25) is 4.72 Å². The Balaban J connectivity index is 2.30. The van der Waals surface area contributed by atoms with Crippen molar-refractivity contribution in [3.05, 3.63) is 45.9 Å². The number of halogens is 3. The van der Waals surface area contributed by atoms with Crippen LogP contribution >= 0.6 is 34.8 Å². The Morgan fingerprint density at radius 3 is 2.21 bits per heavy atom. The highest BCUT2D eigenvalue weighted by atomic mass is 35.5. The van der Waals surface area contributed by atoms with Gasteiger partial charge in [0.15, 0.2) is 0 Å². The second-order valence-electron chi connectivity index (χ2n) is 3.42. The van der Waals surface area contributed by atoms with E-state index in [4.69, 9.17) is 34.8 Å². The molecule has 100 valence electrons. The monoisotopic (exact) mass is 337 g/mol. The second kappa shape index (κ2) is 5.50. The molecule has 1 aromatic heterocycles. The van der Waals surface area contributed by atoms with Gasteiger partial charge >= 0.3 is 0 Å². The largest absolute Gasteiger partial charge is 0.279 e. The lowest BCUT2D eigenvalue weighted by atomic mass is 10.3. The van der Waals surface area contributed by atoms with Crippen molar-refractivity contribution in [2.24, 2.45) is 0 Å². The number of sulfonamides is 1. The first-order chi connectivity index (χ1) is 8.88. The van der Waals surface area contributed by atoms with Crippen LogP contribution in [0.5, 0.6) is 0 Å².